The molecule has 5 nitrogen and oxygen atoms in total. The van der Waals surface area contributed by atoms with E-state index in [-0.39, 0.29) is 11.9 Å². The molecule has 1 amide bonds. The first-order valence-corrected chi connectivity index (χ1v) is 8.42. The second-order valence-corrected chi connectivity index (χ2v) is 6.61. The summed E-state index contributed by atoms with van der Waals surface area (Å²) in [7, 11) is 1.67. The van der Waals surface area contributed by atoms with Crippen molar-refractivity contribution >= 4 is 17.2 Å². The molecule has 0 aliphatic carbocycles. The lowest BCUT2D eigenvalue weighted by atomic mass is 9.78. The van der Waals surface area contributed by atoms with Gasteiger partial charge in [-0.05, 0) is 39.3 Å². The van der Waals surface area contributed by atoms with E-state index >= 15 is 0 Å². The van der Waals surface area contributed by atoms with E-state index < -0.39 is 5.41 Å². The second-order valence-electron chi connectivity index (χ2n) is 5.72. The predicted molar refractivity (Wildman–Crippen MR) is 84.4 cm³/mol. The highest BCUT2D eigenvalue weighted by Crippen LogP contribution is 2.31. The maximum absolute atomic E-state index is 12.8. The normalized spacial score (nSPS) is 19.2. The number of aryl methyl sites for hydroxylation is 1. The number of thiazole rings is 1. The molecule has 21 heavy (non-hydrogen) atoms. The Labute approximate surface area is 130 Å². The van der Waals surface area contributed by atoms with E-state index in [9.17, 15) is 4.79 Å². The maximum atomic E-state index is 12.8. The van der Waals surface area contributed by atoms with Crippen LogP contribution in [0.15, 0.2) is 5.38 Å². The lowest BCUT2D eigenvalue weighted by Crippen LogP contribution is -2.50. The van der Waals surface area contributed by atoms with Crippen LogP contribution in [0.1, 0.15) is 42.9 Å². The van der Waals surface area contributed by atoms with Gasteiger partial charge in [0.25, 0.3) is 0 Å². The number of carbonyl (C=O) groups is 1. The van der Waals surface area contributed by atoms with Gasteiger partial charge in [-0.25, -0.2) is 4.98 Å². The molecule has 1 atom stereocenters. The van der Waals surface area contributed by atoms with Crippen LogP contribution in [0.3, 0.4) is 0 Å². The fourth-order valence-corrected chi connectivity index (χ4v) is 3.73. The summed E-state index contributed by atoms with van der Waals surface area (Å²) in [4.78, 5) is 17.3. The first-order valence-electron chi connectivity index (χ1n) is 7.54. The Hall–Kier alpha value is -0.980. The summed E-state index contributed by atoms with van der Waals surface area (Å²) in [5.74, 6) is 0.102. The van der Waals surface area contributed by atoms with Gasteiger partial charge >= 0.3 is 0 Å². The van der Waals surface area contributed by atoms with Crippen molar-refractivity contribution in [3.8, 4) is 0 Å². The van der Waals surface area contributed by atoms with Gasteiger partial charge in [-0.15, -0.1) is 11.3 Å². The van der Waals surface area contributed by atoms with Crippen LogP contribution in [0.2, 0.25) is 0 Å². The van der Waals surface area contributed by atoms with Crippen molar-refractivity contribution in [1.29, 1.82) is 0 Å². The molecule has 2 N–H and O–H groups in total. The van der Waals surface area contributed by atoms with Crippen LogP contribution in [-0.4, -0.2) is 37.7 Å². The molecule has 2 rings (SSSR count). The van der Waals surface area contributed by atoms with Crippen LogP contribution in [0.25, 0.3) is 0 Å². The number of hydrogen-bond acceptors (Lipinski definition) is 5. The van der Waals surface area contributed by atoms with Crippen molar-refractivity contribution in [2.24, 2.45) is 5.41 Å². The Morgan fingerprint density at radius 2 is 2.29 bits per heavy atom. The van der Waals surface area contributed by atoms with Crippen LogP contribution in [0.5, 0.6) is 0 Å². The molecule has 1 aromatic rings. The molecule has 0 saturated carbocycles. The summed E-state index contributed by atoms with van der Waals surface area (Å²) in [6.07, 6.45) is 2.49. The number of ether oxygens (including phenoxy) is 1. The van der Waals surface area contributed by atoms with Crippen molar-refractivity contribution < 1.29 is 9.53 Å². The third-order valence-electron chi connectivity index (χ3n) is 4.11. The molecular formula is C15H25N3O2S. The molecular weight excluding hydrogens is 286 g/mol. The zero-order chi connectivity index (χ0) is 15.3. The van der Waals surface area contributed by atoms with E-state index in [0.717, 1.165) is 43.1 Å². The monoisotopic (exact) mass is 311 g/mol. The van der Waals surface area contributed by atoms with Gasteiger partial charge in [0.2, 0.25) is 5.91 Å². The number of methoxy groups -OCH3 is 1. The van der Waals surface area contributed by atoms with Crippen molar-refractivity contribution in [3.63, 3.8) is 0 Å². The molecule has 1 unspecified atom stereocenters. The summed E-state index contributed by atoms with van der Waals surface area (Å²) in [6, 6.07) is -0.000170. The van der Waals surface area contributed by atoms with Gasteiger partial charge in [0, 0.05) is 18.2 Å². The number of rotatable bonds is 6. The molecule has 0 aromatic carbocycles. The SMILES string of the molecule is CCC(NC(=O)C1(COC)CCNCC1)c1nc(C)cs1. The summed E-state index contributed by atoms with van der Waals surface area (Å²) >= 11 is 1.61. The Bertz CT molecular complexity index is 464. The van der Waals surface area contributed by atoms with Gasteiger partial charge in [-0.2, -0.15) is 0 Å². The van der Waals surface area contributed by atoms with Crippen LogP contribution in [-0.2, 0) is 9.53 Å². The summed E-state index contributed by atoms with van der Waals surface area (Å²) < 4.78 is 5.33. The van der Waals surface area contributed by atoms with E-state index in [4.69, 9.17) is 4.74 Å². The zero-order valence-corrected chi connectivity index (χ0v) is 13.9. The Kier molecular flexibility index (Phi) is 5.72. The van der Waals surface area contributed by atoms with E-state index in [1.807, 2.05) is 12.3 Å². The van der Waals surface area contributed by atoms with Gasteiger partial charge in [0.05, 0.1) is 18.1 Å². The van der Waals surface area contributed by atoms with Crippen LogP contribution in [0, 0.1) is 12.3 Å². The molecule has 1 saturated heterocycles. The molecule has 1 fully saturated rings. The average Bonchev–Trinajstić information content (AvgIpc) is 2.92. The van der Waals surface area contributed by atoms with E-state index in [2.05, 4.69) is 22.5 Å². The fourth-order valence-electron chi connectivity index (χ4n) is 2.80. The highest BCUT2D eigenvalue weighted by atomic mass is 32.1. The molecule has 0 spiro atoms. The highest BCUT2D eigenvalue weighted by molar-refractivity contribution is 7.09. The molecule has 0 bridgehead atoms. The lowest BCUT2D eigenvalue weighted by Gasteiger charge is -2.36. The highest BCUT2D eigenvalue weighted by Gasteiger charge is 2.40. The Balaban J connectivity index is 2.09. The second kappa shape index (κ2) is 7.33. The maximum Gasteiger partial charge on any atom is 0.229 e. The fraction of sp³-hybridized carbons (Fsp3) is 0.733. The van der Waals surface area contributed by atoms with Gasteiger partial charge < -0.3 is 15.4 Å². The third-order valence-corrected chi connectivity index (χ3v) is 5.19. The predicted octanol–water partition coefficient (Wildman–Crippen LogP) is 2.04. The molecule has 2 heterocycles. The smallest absolute Gasteiger partial charge is 0.229 e. The number of piperidine rings is 1. The molecule has 0 radical (unpaired) electrons. The Morgan fingerprint density at radius 1 is 1.57 bits per heavy atom. The van der Waals surface area contributed by atoms with Crippen LogP contribution >= 0.6 is 11.3 Å². The number of hydrogen-bond donors (Lipinski definition) is 2. The first kappa shape index (κ1) is 16.4. The van der Waals surface area contributed by atoms with Gasteiger partial charge in [-0.1, -0.05) is 6.92 Å². The third kappa shape index (κ3) is 3.81. The van der Waals surface area contributed by atoms with Crippen molar-refractivity contribution in [1.82, 2.24) is 15.6 Å². The average molecular weight is 311 g/mol. The minimum absolute atomic E-state index is 0.000170. The number of carbonyl (C=O) groups excluding carboxylic acids is 1. The van der Waals surface area contributed by atoms with Gasteiger partial charge in [-0.3, -0.25) is 4.79 Å². The standard InChI is InChI=1S/C15H25N3O2S/c1-4-12(13-17-11(2)9-21-13)18-14(19)15(10-20-3)5-7-16-8-6-15/h9,12,16H,4-8,10H2,1-3H3,(H,18,19). The van der Waals surface area contributed by atoms with Crippen molar-refractivity contribution in [2.45, 2.75) is 39.2 Å². The van der Waals surface area contributed by atoms with Crippen LogP contribution < -0.4 is 10.6 Å². The molecule has 1 aromatic heterocycles. The largest absolute Gasteiger partial charge is 0.384 e. The number of nitrogens with one attached hydrogen (secondary N) is 2. The minimum atomic E-state index is -0.403. The van der Waals surface area contributed by atoms with E-state index in [1.165, 1.54) is 0 Å². The molecule has 6 heteroatoms. The summed E-state index contributed by atoms with van der Waals surface area (Å²) in [5.41, 5.74) is 0.607. The van der Waals surface area contributed by atoms with Crippen molar-refractivity contribution in [2.75, 3.05) is 26.8 Å². The Morgan fingerprint density at radius 3 is 2.81 bits per heavy atom. The number of amides is 1. The number of aromatic nitrogens is 1. The summed E-state index contributed by atoms with van der Waals surface area (Å²) in [6.45, 7) is 6.27. The topological polar surface area (TPSA) is 63.2 Å². The van der Waals surface area contributed by atoms with Crippen molar-refractivity contribution in [3.05, 3.63) is 16.1 Å². The van der Waals surface area contributed by atoms with E-state index in [1.54, 1.807) is 18.4 Å². The lowest BCUT2D eigenvalue weighted by molar-refractivity contribution is -0.137. The summed E-state index contributed by atoms with van der Waals surface area (Å²) in [5, 5.41) is 9.52. The number of nitrogens with zero attached hydrogens (tertiary/aromatic N) is 1. The molecule has 118 valence electrons. The molecule has 1 aliphatic rings. The quantitative estimate of drug-likeness (QED) is 0.844. The minimum Gasteiger partial charge on any atom is -0.384 e. The van der Waals surface area contributed by atoms with Crippen LogP contribution in [0.4, 0.5) is 0 Å². The van der Waals surface area contributed by atoms with E-state index in [0.29, 0.717) is 6.61 Å². The first-order chi connectivity index (χ1) is 10.1. The van der Waals surface area contributed by atoms with Gasteiger partial charge in [0.1, 0.15) is 5.01 Å². The molecule has 1 aliphatic heterocycles. The zero-order valence-electron chi connectivity index (χ0n) is 13.1. The van der Waals surface area contributed by atoms with Gasteiger partial charge in [0.15, 0.2) is 0 Å².